The summed E-state index contributed by atoms with van der Waals surface area (Å²) in [4.78, 5) is 26.7. The van der Waals surface area contributed by atoms with Gasteiger partial charge in [0.25, 0.3) is 11.5 Å². The molecule has 0 bridgehead atoms. The van der Waals surface area contributed by atoms with E-state index < -0.39 is 22.9 Å². The molecule has 2 heterocycles. The number of aromatic nitrogens is 2. The molecule has 1 aromatic carbocycles. The number of β-amino-alcohol motifs (C(OH)–C–C–N with tert-alkyl or cyclic N) is 1. The van der Waals surface area contributed by atoms with Crippen molar-refractivity contribution >= 4 is 39.9 Å². The van der Waals surface area contributed by atoms with Gasteiger partial charge in [-0.3, -0.25) is 9.59 Å². The van der Waals surface area contributed by atoms with E-state index in [-0.39, 0.29) is 35.6 Å². The highest BCUT2D eigenvalue weighted by molar-refractivity contribution is 14.1. The van der Waals surface area contributed by atoms with Gasteiger partial charge in [-0.15, -0.1) is 0 Å². The number of amides is 1. The van der Waals surface area contributed by atoms with Crippen molar-refractivity contribution in [1.82, 2.24) is 14.7 Å². The molecule has 30 heavy (non-hydrogen) atoms. The zero-order valence-corrected chi connectivity index (χ0v) is 19.7. The third-order valence-electron chi connectivity index (χ3n) is 5.82. The van der Waals surface area contributed by atoms with Crippen molar-refractivity contribution in [2.45, 2.75) is 39.2 Å². The van der Waals surface area contributed by atoms with Gasteiger partial charge in [-0.05, 0) is 52.6 Å². The van der Waals surface area contributed by atoms with Crippen LogP contribution in [0.3, 0.4) is 0 Å². The fourth-order valence-electron chi connectivity index (χ4n) is 3.69. The van der Waals surface area contributed by atoms with Gasteiger partial charge in [-0.1, -0.05) is 27.2 Å². The Morgan fingerprint density at radius 3 is 2.60 bits per heavy atom. The Bertz CT molecular complexity index is 1030. The van der Waals surface area contributed by atoms with Gasteiger partial charge in [0, 0.05) is 16.7 Å². The molecule has 0 unspecified atom stereocenters. The molecule has 1 aliphatic heterocycles. The quantitative estimate of drug-likeness (QED) is 0.563. The fourth-order valence-corrected chi connectivity index (χ4v) is 4.15. The number of halogens is 2. The Morgan fingerprint density at radius 2 is 2.00 bits per heavy atom. The van der Waals surface area contributed by atoms with Gasteiger partial charge in [-0.2, -0.15) is 5.10 Å². The third kappa shape index (κ3) is 4.22. The molecular formula is C21H26FIN4O3. The van der Waals surface area contributed by atoms with Crippen LogP contribution in [0.25, 0.3) is 0 Å². The zero-order valence-electron chi connectivity index (χ0n) is 17.5. The predicted molar refractivity (Wildman–Crippen MR) is 121 cm³/mol. The van der Waals surface area contributed by atoms with Crippen LogP contribution in [0.15, 0.2) is 29.1 Å². The van der Waals surface area contributed by atoms with E-state index in [1.807, 2.05) is 36.4 Å². The summed E-state index contributed by atoms with van der Waals surface area (Å²) >= 11 is 2.00. The second kappa shape index (κ2) is 8.26. The number of hydrogen-bond acceptors (Lipinski definition) is 5. The average Bonchev–Trinajstić information content (AvgIpc) is 2.63. The summed E-state index contributed by atoms with van der Waals surface area (Å²) < 4.78 is 16.1. The normalized spacial score (nSPS) is 15.6. The summed E-state index contributed by atoms with van der Waals surface area (Å²) in [7, 11) is 1.45. The molecule has 2 aromatic rings. The molecule has 1 amide bonds. The van der Waals surface area contributed by atoms with Gasteiger partial charge in [0.1, 0.15) is 11.4 Å². The zero-order chi connectivity index (χ0) is 22.3. The van der Waals surface area contributed by atoms with Crippen LogP contribution >= 0.6 is 22.6 Å². The van der Waals surface area contributed by atoms with Gasteiger partial charge in [-0.25, -0.2) is 9.07 Å². The number of benzene rings is 1. The lowest BCUT2D eigenvalue weighted by Crippen LogP contribution is -2.69. The number of likely N-dealkylation sites (tertiary alicyclic amines) is 1. The first-order valence-corrected chi connectivity index (χ1v) is 10.9. The summed E-state index contributed by atoms with van der Waals surface area (Å²) in [6, 6.07) is 5.83. The van der Waals surface area contributed by atoms with Crippen LogP contribution in [0, 0.1) is 14.8 Å². The first-order chi connectivity index (χ1) is 14.0. The number of nitrogens with zero attached hydrogens (tertiary/aromatic N) is 3. The van der Waals surface area contributed by atoms with E-state index in [9.17, 15) is 19.1 Å². The van der Waals surface area contributed by atoms with Gasteiger partial charge in [0.05, 0.1) is 24.5 Å². The Labute approximate surface area is 188 Å². The van der Waals surface area contributed by atoms with Crippen LogP contribution < -0.4 is 10.9 Å². The monoisotopic (exact) mass is 528 g/mol. The molecule has 3 rings (SSSR count). The fraction of sp³-hybridized carbons (Fsp3) is 0.476. The van der Waals surface area contributed by atoms with E-state index in [4.69, 9.17) is 0 Å². The van der Waals surface area contributed by atoms with Gasteiger partial charge in [0.15, 0.2) is 5.69 Å². The lowest BCUT2D eigenvalue weighted by Gasteiger charge is -2.54. The van der Waals surface area contributed by atoms with E-state index in [1.54, 1.807) is 12.1 Å². The van der Waals surface area contributed by atoms with Crippen molar-refractivity contribution in [3.05, 3.63) is 49.7 Å². The van der Waals surface area contributed by atoms with Crippen LogP contribution in [0.1, 0.15) is 44.1 Å². The van der Waals surface area contributed by atoms with Crippen LogP contribution in [-0.2, 0) is 7.05 Å². The van der Waals surface area contributed by atoms with Crippen molar-refractivity contribution < 1.29 is 14.3 Å². The largest absolute Gasteiger partial charge is 0.386 e. The average molecular weight is 528 g/mol. The summed E-state index contributed by atoms with van der Waals surface area (Å²) in [5.74, 6) is -0.920. The Hall–Kier alpha value is -2.01. The van der Waals surface area contributed by atoms with Crippen molar-refractivity contribution in [3.8, 4) is 0 Å². The standard InChI is InChI=1S/C21H26FIN4O3/c1-5-8-20(2,3)21(30)11-27(12-21)19(29)18-16(10-17(28)26(4)25-18)24-15-7-6-13(23)9-14(15)22/h6-7,9-10,24,30H,5,8,11-12H2,1-4H3. The molecular weight excluding hydrogens is 502 g/mol. The molecule has 0 spiro atoms. The van der Waals surface area contributed by atoms with E-state index in [2.05, 4.69) is 17.3 Å². The minimum absolute atomic E-state index is 0.00500. The summed E-state index contributed by atoms with van der Waals surface area (Å²) in [6.45, 7) is 6.41. The van der Waals surface area contributed by atoms with E-state index >= 15 is 0 Å². The lowest BCUT2D eigenvalue weighted by atomic mass is 9.67. The maximum Gasteiger partial charge on any atom is 0.276 e. The van der Waals surface area contributed by atoms with E-state index in [0.29, 0.717) is 0 Å². The first-order valence-electron chi connectivity index (χ1n) is 9.79. The second-order valence-electron chi connectivity index (χ2n) is 8.44. The molecule has 2 N–H and O–H groups in total. The summed E-state index contributed by atoms with van der Waals surface area (Å²) in [6.07, 6.45) is 1.77. The molecule has 1 aromatic heterocycles. The first kappa shape index (κ1) is 22.7. The number of anilines is 2. The van der Waals surface area contributed by atoms with Crippen molar-refractivity contribution in [3.63, 3.8) is 0 Å². The SMILES string of the molecule is CCCC(C)(C)C1(O)CN(C(=O)c2nn(C)c(=O)cc2Nc2ccc(I)cc2F)C1. The molecule has 1 aliphatic rings. The number of aliphatic hydroxyl groups is 1. The smallest absolute Gasteiger partial charge is 0.276 e. The third-order valence-corrected chi connectivity index (χ3v) is 6.49. The maximum absolute atomic E-state index is 14.3. The van der Waals surface area contributed by atoms with Crippen molar-refractivity contribution in [2.75, 3.05) is 18.4 Å². The van der Waals surface area contributed by atoms with Gasteiger partial charge >= 0.3 is 0 Å². The summed E-state index contributed by atoms with van der Waals surface area (Å²) in [5.41, 5.74) is -1.46. The maximum atomic E-state index is 14.3. The number of hydrogen-bond donors (Lipinski definition) is 2. The van der Waals surface area contributed by atoms with Crippen LogP contribution in [0.2, 0.25) is 0 Å². The minimum Gasteiger partial charge on any atom is -0.386 e. The van der Waals surface area contributed by atoms with Gasteiger partial charge < -0.3 is 15.3 Å². The van der Waals surface area contributed by atoms with Crippen LogP contribution in [0.4, 0.5) is 15.8 Å². The number of carbonyl (C=O) groups excluding carboxylic acids is 1. The van der Waals surface area contributed by atoms with Gasteiger partial charge in [0.2, 0.25) is 0 Å². The number of aryl methyl sites for hydroxylation is 1. The highest BCUT2D eigenvalue weighted by Crippen LogP contribution is 2.42. The Morgan fingerprint density at radius 1 is 1.33 bits per heavy atom. The van der Waals surface area contributed by atoms with Crippen molar-refractivity contribution in [1.29, 1.82) is 0 Å². The lowest BCUT2D eigenvalue weighted by molar-refractivity contribution is -0.156. The molecule has 162 valence electrons. The molecule has 0 atom stereocenters. The predicted octanol–water partition coefficient (Wildman–Crippen LogP) is 3.28. The summed E-state index contributed by atoms with van der Waals surface area (Å²) in [5, 5.41) is 17.9. The van der Waals surface area contributed by atoms with Crippen molar-refractivity contribution in [2.24, 2.45) is 12.5 Å². The second-order valence-corrected chi connectivity index (χ2v) is 9.69. The Balaban J connectivity index is 1.88. The Kier molecular flexibility index (Phi) is 6.24. The highest BCUT2D eigenvalue weighted by atomic mass is 127. The molecule has 1 fully saturated rings. The number of carbonyl (C=O) groups is 1. The van der Waals surface area contributed by atoms with Crippen LogP contribution in [0.5, 0.6) is 0 Å². The molecule has 7 nitrogen and oxygen atoms in total. The van der Waals surface area contributed by atoms with E-state index in [1.165, 1.54) is 24.1 Å². The van der Waals surface area contributed by atoms with Crippen LogP contribution in [-0.4, -0.2) is 44.4 Å². The van der Waals surface area contributed by atoms with E-state index in [0.717, 1.165) is 21.1 Å². The number of rotatable bonds is 6. The molecule has 0 saturated carbocycles. The molecule has 0 radical (unpaired) electrons. The molecule has 9 heteroatoms. The number of nitrogens with one attached hydrogen (secondary N) is 1. The topological polar surface area (TPSA) is 87.5 Å². The highest BCUT2D eigenvalue weighted by Gasteiger charge is 2.53. The molecule has 1 saturated heterocycles. The molecule has 0 aliphatic carbocycles. The minimum atomic E-state index is -0.977.